The van der Waals surface area contributed by atoms with Crippen LogP contribution < -0.4 is 31.1 Å². The van der Waals surface area contributed by atoms with Gasteiger partial charge in [-0.1, -0.05) is 106 Å². The number of rotatable bonds is 10. The third-order valence-electron chi connectivity index (χ3n) is 11.1. The minimum atomic E-state index is -1.30. The summed E-state index contributed by atoms with van der Waals surface area (Å²) >= 11 is 0. The quantitative estimate of drug-likeness (QED) is 0.0968. The molecule has 2 aliphatic heterocycles. The van der Waals surface area contributed by atoms with Gasteiger partial charge in [0.1, 0.15) is 0 Å². The second-order valence-corrected chi connectivity index (χ2v) is 20.9. The van der Waals surface area contributed by atoms with Crippen molar-refractivity contribution in [3.8, 4) is 0 Å². The first-order valence-corrected chi connectivity index (χ1v) is 25.8. The first-order chi connectivity index (χ1) is 34.1. The van der Waals surface area contributed by atoms with Crippen LogP contribution in [0.25, 0.3) is 0 Å². The van der Waals surface area contributed by atoms with Crippen LogP contribution >= 0.6 is 31.4 Å². The molecule has 19 heteroatoms. The van der Waals surface area contributed by atoms with Gasteiger partial charge in [0.25, 0.3) is 0 Å². The molecule has 2 heterocycles. The van der Waals surface area contributed by atoms with Crippen molar-refractivity contribution in [3.63, 3.8) is 0 Å². The van der Waals surface area contributed by atoms with Crippen molar-refractivity contribution in [2.24, 2.45) is 9.98 Å². The molecule has 0 aromatic heterocycles. The maximum Gasteiger partial charge on any atom is 0.347 e. The molecule has 8 rings (SSSR count). The minimum absolute atomic E-state index is 0.107. The van der Waals surface area contributed by atoms with Crippen molar-refractivity contribution in [2.75, 3.05) is 31.1 Å². The Labute approximate surface area is 422 Å². The molecule has 16 nitrogen and oxygen atoms in total. The van der Waals surface area contributed by atoms with Crippen LogP contribution in [0.3, 0.4) is 0 Å². The van der Waals surface area contributed by atoms with E-state index in [4.69, 9.17) is 0 Å². The zero-order valence-electron chi connectivity index (χ0n) is 39.4. The van der Waals surface area contributed by atoms with Gasteiger partial charge in [0.15, 0.2) is 22.4 Å². The monoisotopic (exact) mass is 1000 g/mol. The van der Waals surface area contributed by atoms with Gasteiger partial charge in [0, 0.05) is 22.7 Å². The van der Waals surface area contributed by atoms with Gasteiger partial charge in [0.05, 0.1) is 11.4 Å². The molecule has 360 valence electrons. The summed E-state index contributed by atoms with van der Waals surface area (Å²) in [6.45, 7) is 11.4. The molecule has 2 fully saturated rings. The largest absolute Gasteiger partial charge is 0.347 e. The topological polar surface area (TPSA) is 188 Å². The summed E-state index contributed by atoms with van der Waals surface area (Å²) in [5, 5.41) is 8.55. The van der Waals surface area contributed by atoms with E-state index in [1.54, 1.807) is 97.1 Å². The van der Waals surface area contributed by atoms with E-state index in [2.05, 4.69) is 31.3 Å². The second-order valence-electron chi connectivity index (χ2n) is 16.7. The molecule has 0 bridgehead atoms. The molecule has 0 saturated carbocycles. The van der Waals surface area contributed by atoms with Gasteiger partial charge in [-0.15, -0.1) is 0 Å². The Morgan fingerprint density at radius 3 is 0.930 bits per heavy atom. The van der Waals surface area contributed by atoms with E-state index in [-0.39, 0.29) is 11.7 Å². The highest BCUT2D eigenvalue weighted by atomic mass is 33.5. The normalized spacial score (nSPS) is 16.7. The zero-order chi connectivity index (χ0) is 50.3. The summed E-state index contributed by atoms with van der Waals surface area (Å²) in [6.07, 6.45) is 0. The number of amidine groups is 2. The van der Waals surface area contributed by atoms with Gasteiger partial charge in [-0.2, -0.15) is 9.98 Å². The van der Waals surface area contributed by atoms with E-state index in [1.165, 1.54) is 9.80 Å². The smallest absolute Gasteiger partial charge is 0.307 e. The number of urea groups is 6. The molecule has 6 aromatic rings. The number of benzene rings is 6. The average Bonchev–Trinajstić information content (AvgIpc) is 3.77. The molecule has 0 aliphatic carbocycles. The Hall–Kier alpha value is -7.87. The standard InChI is InChI=1S/C52H48N10O6S3/c1-31-7-19-37(20-8-31)53-47(63)57-43-45(61(49(65)55-39-23-11-33(3)12-24-39)51(67)59(43)41-27-15-35(5)16-28-41)69-71-70-46-44(58-48(64)54-38-21-9-32(2)10-22-38)60(42-29-17-36(6)18-30-42)52(68)62(46)50(66)56-40-25-13-34(4)14-26-40/h7-30,45-46H,1-6H3,(H,53,63)(H,54,64)(H,55,65)(H,56,66)/b57-43+,58-44+. The molecule has 2 saturated heterocycles. The summed E-state index contributed by atoms with van der Waals surface area (Å²) in [5.74, 6) is -0.213. The predicted octanol–water partition coefficient (Wildman–Crippen LogP) is 13.1. The van der Waals surface area contributed by atoms with Gasteiger partial charge in [-0.05, 0) is 146 Å². The van der Waals surface area contributed by atoms with Crippen molar-refractivity contribution in [1.82, 2.24) is 9.80 Å². The van der Waals surface area contributed by atoms with Crippen LogP contribution in [0.4, 0.5) is 62.9 Å². The zero-order valence-corrected chi connectivity index (χ0v) is 41.8. The molecule has 4 N–H and O–H groups in total. The van der Waals surface area contributed by atoms with Gasteiger partial charge in [0.2, 0.25) is 0 Å². The highest BCUT2D eigenvalue weighted by molar-refractivity contribution is 9.09. The Kier molecular flexibility index (Phi) is 15.2. The van der Waals surface area contributed by atoms with Gasteiger partial charge >= 0.3 is 36.2 Å². The number of hydrogen-bond donors (Lipinski definition) is 4. The summed E-state index contributed by atoms with van der Waals surface area (Å²) in [6, 6.07) is 37.2. The fourth-order valence-corrected chi connectivity index (χ4v) is 11.8. The van der Waals surface area contributed by atoms with Crippen LogP contribution in [0.15, 0.2) is 156 Å². The number of imide groups is 2. The number of anilines is 6. The predicted molar refractivity (Wildman–Crippen MR) is 288 cm³/mol. The third-order valence-corrected chi connectivity index (χ3v) is 15.4. The van der Waals surface area contributed by atoms with E-state index < -0.39 is 46.9 Å². The maximum absolute atomic E-state index is 14.8. The van der Waals surface area contributed by atoms with Crippen LogP contribution in [0.1, 0.15) is 33.4 Å². The molecule has 2 unspecified atom stereocenters. The summed E-state index contributed by atoms with van der Waals surface area (Å²) in [5.41, 5.74) is 8.02. The average molecular weight is 1010 g/mol. The van der Waals surface area contributed by atoms with Crippen LogP contribution in [-0.4, -0.2) is 68.4 Å². The second kappa shape index (κ2) is 21.8. The van der Waals surface area contributed by atoms with E-state index in [0.717, 1.165) is 74.6 Å². The Morgan fingerprint density at radius 2 is 0.648 bits per heavy atom. The lowest BCUT2D eigenvalue weighted by Gasteiger charge is -2.23. The SMILES string of the molecule is Cc1ccc(NC(=O)/N=C2\C(SSSC3/C(=N\C(=O)Nc4ccc(C)cc4)N(c4ccc(C)cc4)C(=O)N3C(=O)Nc3ccc(C)cc3)N(C(=O)Nc3ccc(C)cc3)C(=O)N2c2ccc(C)cc2)cc1. The highest BCUT2D eigenvalue weighted by Gasteiger charge is 2.51. The highest BCUT2D eigenvalue weighted by Crippen LogP contribution is 2.48. The summed E-state index contributed by atoms with van der Waals surface area (Å²) < 4.78 is 0. The lowest BCUT2D eigenvalue weighted by molar-refractivity contribution is 0.206. The van der Waals surface area contributed by atoms with Crippen molar-refractivity contribution >= 4 is 113 Å². The number of carbonyl (C=O) groups is 6. The molecule has 71 heavy (non-hydrogen) atoms. The van der Waals surface area contributed by atoms with Crippen molar-refractivity contribution in [2.45, 2.75) is 52.3 Å². The first kappa shape index (κ1) is 49.5. The lowest BCUT2D eigenvalue weighted by Crippen LogP contribution is -2.42. The number of aryl methyl sites for hydroxylation is 6. The molecular weight excluding hydrogens is 957 g/mol. The lowest BCUT2D eigenvalue weighted by atomic mass is 10.2. The summed E-state index contributed by atoms with van der Waals surface area (Å²) in [4.78, 5) is 99.6. The Bertz CT molecular complexity index is 2840. The van der Waals surface area contributed by atoms with Crippen LogP contribution in [0.5, 0.6) is 0 Å². The maximum atomic E-state index is 14.8. The fourth-order valence-electron chi connectivity index (χ4n) is 7.23. The number of nitrogens with one attached hydrogen (secondary N) is 4. The minimum Gasteiger partial charge on any atom is -0.307 e. The summed E-state index contributed by atoms with van der Waals surface area (Å²) in [7, 11) is 2.90. The Morgan fingerprint density at radius 1 is 0.394 bits per heavy atom. The van der Waals surface area contributed by atoms with E-state index >= 15 is 0 Å². The molecule has 0 spiro atoms. The molecule has 6 aromatic carbocycles. The first-order valence-electron chi connectivity index (χ1n) is 22.2. The molecular formula is C52H48N10O6S3. The van der Waals surface area contributed by atoms with E-state index in [9.17, 15) is 28.8 Å². The molecule has 0 radical (unpaired) electrons. The third kappa shape index (κ3) is 11.8. The molecule has 12 amide bonds. The number of aliphatic imine (C=N–C) groups is 2. The van der Waals surface area contributed by atoms with E-state index in [0.29, 0.717) is 34.1 Å². The van der Waals surface area contributed by atoms with Gasteiger partial charge in [-0.25, -0.2) is 48.4 Å². The van der Waals surface area contributed by atoms with E-state index in [1.807, 2.05) is 90.1 Å². The number of carbonyl (C=O) groups excluding carboxylic acids is 6. The van der Waals surface area contributed by atoms with Crippen molar-refractivity contribution in [3.05, 3.63) is 179 Å². The number of nitrogens with zero attached hydrogens (tertiary/aromatic N) is 6. The van der Waals surface area contributed by atoms with Crippen molar-refractivity contribution < 1.29 is 28.8 Å². The van der Waals surface area contributed by atoms with Gasteiger partial charge in [-0.3, -0.25) is 0 Å². The Balaban J connectivity index is 1.20. The van der Waals surface area contributed by atoms with Crippen LogP contribution in [0, 0.1) is 41.5 Å². The molecule has 2 atom stereocenters. The van der Waals surface area contributed by atoms with Crippen LogP contribution in [0.2, 0.25) is 0 Å². The number of amides is 12. The van der Waals surface area contributed by atoms with Crippen molar-refractivity contribution in [1.29, 1.82) is 0 Å². The fraction of sp³-hybridized carbons (Fsp3) is 0.154. The van der Waals surface area contributed by atoms with Gasteiger partial charge < -0.3 is 21.3 Å². The van der Waals surface area contributed by atoms with Crippen LogP contribution in [-0.2, 0) is 0 Å². The molecule has 2 aliphatic rings. The number of hydrogen-bond acceptors (Lipinski definition) is 9.